The van der Waals surface area contributed by atoms with Crippen molar-refractivity contribution in [3.05, 3.63) is 16.1 Å². The van der Waals surface area contributed by atoms with E-state index in [4.69, 9.17) is 5.11 Å². The summed E-state index contributed by atoms with van der Waals surface area (Å²) in [7, 11) is -3.15. The van der Waals surface area contributed by atoms with Gasteiger partial charge in [-0.3, -0.25) is 0 Å². The Morgan fingerprint density at radius 1 is 1.62 bits per heavy atom. The number of aromatic nitrogens is 1. The highest BCUT2D eigenvalue weighted by Gasteiger charge is 2.37. The van der Waals surface area contributed by atoms with Gasteiger partial charge in [0.05, 0.1) is 11.8 Å². The molecule has 0 bridgehead atoms. The predicted octanol–water partition coefficient (Wildman–Crippen LogP) is 0.200. The van der Waals surface area contributed by atoms with Crippen molar-refractivity contribution in [3.63, 3.8) is 0 Å². The van der Waals surface area contributed by atoms with Crippen molar-refractivity contribution in [3.8, 4) is 0 Å². The van der Waals surface area contributed by atoms with E-state index in [0.29, 0.717) is 18.0 Å². The molecule has 1 N–H and O–H groups in total. The lowest BCUT2D eigenvalue weighted by Crippen LogP contribution is -2.47. The van der Waals surface area contributed by atoms with Crippen molar-refractivity contribution in [2.24, 2.45) is 0 Å². The molecule has 1 saturated heterocycles. The number of sulfonamides is 1. The van der Waals surface area contributed by atoms with Gasteiger partial charge >= 0.3 is 5.97 Å². The zero-order valence-electron chi connectivity index (χ0n) is 8.45. The van der Waals surface area contributed by atoms with Gasteiger partial charge in [0, 0.05) is 23.9 Å². The molecule has 6 nitrogen and oxygen atoms in total. The summed E-state index contributed by atoms with van der Waals surface area (Å²) in [6.07, 6.45) is 1.15. The van der Waals surface area contributed by atoms with Crippen molar-refractivity contribution >= 4 is 27.3 Å². The standard InChI is InChI=1S/C8H10N2O4S2/c1-16(13,14)10-2-5(3-10)7-6(8(11)12)9-4-15-7/h4-5H,2-3H2,1H3,(H,11,12). The summed E-state index contributed by atoms with van der Waals surface area (Å²) in [5.41, 5.74) is 1.52. The molecular formula is C8H10N2O4S2. The van der Waals surface area contributed by atoms with Crippen LogP contribution in [0.25, 0.3) is 0 Å². The summed E-state index contributed by atoms with van der Waals surface area (Å²) in [6.45, 7) is 0.697. The van der Waals surface area contributed by atoms with E-state index in [1.807, 2.05) is 0 Å². The average Bonchev–Trinajstić information content (AvgIpc) is 2.46. The first kappa shape index (κ1) is 11.5. The van der Waals surface area contributed by atoms with E-state index < -0.39 is 16.0 Å². The summed E-state index contributed by atoms with van der Waals surface area (Å²) in [6, 6.07) is 0. The fourth-order valence-electron chi connectivity index (χ4n) is 1.58. The van der Waals surface area contributed by atoms with Gasteiger partial charge in [0.1, 0.15) is 0 Å². The minimum Gasteiger partial charge on any atom is -0.476 e. The maximum atomic E-state index is 11.1. The molecule has 0 aromatic carbocycles. The summed E-state index contributed by atoms with van der Waals surface area (Å²) < 4.78 is 23.6. The molecule has 0 saturated carbocycles. The summed E-state index contributed by atoms with van der Waals surface area (Å²) in [4.78, 5) is 15.2. The number of hydrogen-bond acceptors (Lipinski definition) is 5. The Labute approximate surface area is 96.6 Å². The van der Waals surface area contributed by atoms with Crippen LogP contribution in [-0.2, 0) is 10.0 Å². The maximum absolute atomic E-state index is 11.1. The lowest BCUT2D eigenvalue weighted by Gasteiger charge is -2.36. The van der Waals surface area contributed by atoms with Gasteiger partial charge in [-0.05, 0) is 0 Å². The molecule has 16 heavy (non-hydrogen) atoms. The molecule has 0 atom stereocenters. The molecular weight excluding hydrogens is 252 g/mol. The van der Waals surface area contributed by atoms with Gasteiger partial charge in [-0.2, -0.15) is 0 Å². The number of aromatic carboxylic acids is 1. The number of nitrogens with zero attached hydrogens (tertiary/aromatic N) is 2. The average molecular weight is 262 g/mol. The third-order valence-electron chi connectivity index (χ3n) is 2.49. The van der Waals surface area contributed by atoms with Crippen LogP contribution in [0.4, 0.5) is 0 Å². The number of thiazole rings is 1. The predicted molar refractivity (Wildman–Crippen MR) is 58.2 cm³/mol. The van der Waals surface area contributed by atoms with Crippen molar-refractivity contribution < 1.29 is 18.3 Å². The minimum absolute atomic E-state index is 0.0340. The Bertz CT molecular complexity index is 516. The molecule has 0 unspecified atom stereocenters. The molecule has 0 aliphatic carbocycles. The zero-order valence-corrected chi connectivity index (χ0v) is 10.1. The molecule has 88 valence electrons. The van der Waals surface area contributed by atoms with Crippen LogP contribution >= 0.6 is 11.3 Å². The second-order valence-corrected chi connectivity index (χ2v) is 6.52. The molecule has 2 heterocycles. The van der Waals surface area contributed by atoms with Crippen LogP contribution in [-0.4, -0.2) is 48.1 Å². The highest BCUT2D eigenvalue weighted by atomic mass is 32.2. The molecule has 1 aromatic rings. The fraction of sp³-hybridized carbons (Fsp3) is 0.500. The SMILES string of the molecule is CS(=O)(=O)N1CC(c2scnc2C(=O)O)C1. The van der Waals surface area contributed by atoms with E-state index in [1.54, 1.807) is 0 Å². The van der Waals surface area contributed by atoms with E-state index >= 15 is 0 Å². The van der Waals surface area contributed by atoms with Crippen LogP contribution in [0, 0.1) is 0 Å². The number of rotatable bonds is 3. The van der Waals surface area contributed by atoms with Crippen LogP contribution < -0.4 is 0 Å². The molecule has 0 amide bonds. The Hall–Kier alpha value is -0.990. The van der Waals surface area contributed by atoms with Gasteiger partial charge in [-0.15, -0.1) is 11.3 Å². The van der Waals surface area contributed by atoms with Crippen molar-refractivity contribution in [2.45, 2.75) is 5.92 Å². The molecule has 0 spiro atoms. The van der Waals surface area contributed by atoms with E-state index in [2.05, 4.69) is 4.98 Å². The summed E-state index contributed by atoms with van der Waals surface area (Å²) >= 11 is 1.26. The van der Waals surface area contributed by atoms with Crippen molar-refractivity contribution in [1.82, 2.24) is 9.29 Å². The molecule has 1 aromatic heterocycles. The van der Waals surface area contributed by atoms with Gasteiger partial charge in [0.2, 0.25) is 10.0 Å². The van der Waals surface area contributed by atoms with Crippen LogP contribution in [0.1, 0.15) is 21.3 Å². The number of hydrogen-bond donors (Lipinski definition) is 1. The van der Waals surface area contributed by atoms with Gasteiger partial charge in [0.15, 0.2) is 5.69 Å². The Morgan fingerprint density at radius 3 is 2.75 bits per heavy atom. The third kappa shape index (κ3) is 1.95. The van der Waals surface area contributed by atoms with Crippen molar-refractivity contribution in [2.75, 3.05) is 19.3 Å². The molecule has 8 heteroatoms. The number of carbonyl (C=O) groups is 1. The maximum Gasteiger partial charge on any atom is 0.355 e. The first-order chi connectivity index (χ1) is 7.39. The zero-order chi connectivity index (χ0) is 11.9. The molecule has 2 rings (SSSR count). The van der Waals surface area contributed by atoms with E-state index in [1.165, 1.54) is 21.2 Å². The van der Waals surface area contributed by atoms with Gasteiger partial charge in [-0.1, -0.05) is 0 Å². The molecule has 0 radical (unpaired) electrons. The van der Waals surface area contributed by atoms with Gasteiger partial charge < -0.3 is 5.11 Å². The number of carboxylic acid groups (broad SMARTS) is 1. The summed E-state index contributed by atoms with van der Waals surface area (Å²) in [5, 5.41) is 8.86. The van der Waals surface area contributed by atoms with Gasteiger partial charge in [0.25, 0.3) is 0 Å². The van der Waals surface area contributed by atoms with Gasteiger partial charge in [-0.25, -0.2) is 22.5 Å². The van der Waals surface area contributed by atoms with Crippen molar-refractivity contribution in [1.29, 1.82) is 0 Å². The van der Waals surface area contributed by atoms with Crippen LogP contribution in [0.15, 0.2) is 5.51 Å². The second-order valence-electron chi connectivity index (χ2n) is 3.65. The second kappa shape index (κ2) is 3.79. The fourth-order valence-corrected chi connectivity index (χ4v) is 3.35. The lowest BCUT2D eigenvalue weighted by atomic mass is 10.00. The lowest BCUT2D eigenvalue weighted by molar-refractivity contribution is 0.0688. The smallest absolute Gasteiger partial charge is 0.355 e. The molecule has 1 aliphatic heterocycles. The first-order valence-corrected chi connectivity index (χ1v) is 7.24. The quantitative estimate of drug-likeness (QED) is 0.840. The third-order valence-corrected chi connectivity index (χ3v) is 4.71. The summed E-state index contributed by atoms with van der Waals surface area (Å²) in [5.74, 6) is -1.10. The van der Waals surface area contributed by atoms with Crippen LogP contribution in [0.5, 0.6) is 0 Å². The van der Waals surface area contributed by atoms with E-state index in [0.717, 1.165) is 6.26 Å². The Morgan fingerprint density at radius 2 is 2.25 bits per heavy atom. The van der Waals surface area contributed by atoms with Crippen LogP contribution in [0.3, 0.4) is 0 Å². The van der Waals surface area contributed by atoms with Crippen LogP contribution in [0.2, 0.25) is 0 Å². The normalized spacial score (nSPS) is 18.3. The highest BCUT2D eigenvalue weighted by molar-refractivity contribution is 7.88. The minimum atomic E-state index is -3.15. The first-order valence-electron chi connectivity index (χ1n) is 4.51. The topological polar surface area (TPSA) is 87.6 Å². The number of carboxylic acids is 1. The largest absolute Gasteiger partial charge is 0.476 e. The highest BCUT2D eigenvalue weighted by Crippen LogP contribution is 2.33. The van der Waals surface area contributed by atoms with E-state index in [-0.39, 0.29) is 11.6 Å². The van der Waals surface area contributed by atoms with E-state index in [9.17, 15) is 13.2 Å². The Kier molecular flexibility index (Phi) is 2.72. The Balaban J connectivity index is 2.13. The molecule has 1 fully saturated rings. The molecule has 1 aliphatic rings. The monoisotopic (exact) mass is 262 g/mol.